The average molecular weight is 477 g/mol. The van der Waals surface area contributed by atoms with Crippen LogP contribution in [-0.4, -0.2) is 28.2 Å². The number of carbonyl (C=O) groups is 1. The van der Waals surface area contributed by atoms with Crippen molar-refractivity contribution in [1.82, 2.24) is 26.9 Å². The number of amides is 1. The van der Waals surface area contributed by atoms with Crippen LogP contribution in [-0.2, 0) is 0 Å². The van der Waals surface area contributed by atoms with Gasteiger partial charge in [0.25, 0.3) is 5.91 Å². The zero-order chi connectivity index (χ0) is 22.9. The molecule has 0 radical (unpaired) electrons. The SMILES string of the molecule is C[C@@H]1CCCC[C@@H]1NC(=S)NNC(=O)c1ccc(NNC(=S)N[C@H]2CCCC[C@@H]2C)cc1. The zero-order valence-corrected chi connectivity index (χ0v) is 20.6. The van der Waals surface area contributed by atoms with Gasteiger partial charge in [0.1, 0.15) is 0 Å². The molecule has 0 saturated heterocycles. The summed E-state index contributed by atoms with van der Waals surface area (Å²) >= 11 is 10.7. The molecule has 32 heavy (non-hydrogen) atoms. The second-order valence-corrected chi connectivity index (χ2v) is 9.91. The van der Waals surface area contributed by atoms with Gasteiger partial charge in [-0.15, -0.1) is 0 Å². The van der Waals surface area contributed by atoms with Gasteiger partial charge in [-0.05, 0) is 86.2 Å². The van der Waals surface area contributed by atoms with Crippen LogP contribution in [0.4, 0.5) is 5.69 Å². The Morgan fingerprint density at radius 1 is 0.750 bits per heavy atom. The second-order valence-electron chi connectivity index (χ2n) is 9.09. The van der Waals surface area contributed by atoms with Gasteiger partial charge in [0.15, 0.2) is 10.2 Å². The fourth-order valence-corrected chi connectivity index (χ4v) is 4.89. The number of thiocarbonyl (C=S) groups is 2. The molecule has 4 atom stereocenters. The highest BCUT2D eigenvalue weighted by Crippen LogP contribution is 2.24. The maximum Gasteiger partial charge on any atom is 0.269 e. The normalized spacial score (nSPS) is 25.2. The molecule has 2 aliphatic rings. The average Bonchev–Trinajstić information content (AvgIpc) is 2.79. The van der Waals surface area contributed by atoms with Gasteiger partial charge in [0.05, 0.1) is 5.69 Å². The first-order chi connectivity index (χ1) is 15.4. The van der Waals surface area contributed by atoms with E-state index in [1.165, 1.54) is 38.5 Å². The molecule has 6 N–H and O–H groups in total. The molecule has 7 nitrogen and oxygen atoms in total. The van der Waals surface area contributed by atoms with Crippen LogP contribution in [0.3, 0.4) is 0 Å². The van der Waals surface area contributed by atoms with E-state index in [0.717, 1.165) is 18.5 Å². The highest BCUT2D eigenvalue weighted by atomic mass is 32.1. The predicted octanol–water partition coefficient (Wildman–Crippen LogP) is 3.74. The summed E-state index contributed by atoms with van der Waals surface area (Å²) in [5, 5.41) is 7.75. The van der Waals surface area contributed by atoms with E-state index in [1.807, 2.05) is 12.1 Å². The summed E-state index contributed by atoms with van der Waals surface area (Å²) in [7, 11) is 0. The summed E-state index contributed by atoms with van der Waals surface area (Å²) in [4.78, 5) is 12.4. The third kappa shape index (κ3) is 7.48. The Balaban J connectivity index is 1.38. The van der Waals surface area contributed by atoms with Crippen LogP contribution in [0, 0.1) is 11.8 Å². The van der Waals surface area contributed by atoms with Crippen LogP contribution in [0.2, 0.25) is 0 Å². The number of hydrazine groups is 2. The standard InChI is InChI=1S/C23H36N6OS2/c1-15-7-3-5-9-19(15)24-22(31)28-26-18-13-11-17(12-14-18)21(30)27-29-23(32)25-20-10-6-4-8-16(20)2/h11-16,19-20,26H,3-10H2,1-2H3,(H,27,30)(H2,24,28,31)(H2,25,29,32)/t15-,16+,19-,20-/m0/s1. The van der Waals surface area contributed by atoms with Gasteiger partial charge in [0.2, 0.25) is 0 Å². The molecule has 3 rings (SSSR count). The van der Waals surface area contributed by atoms with Crippen molar-refractivity contribution in [3.8, 4) is 0 Å². The van der Waals surface area contributed by atoms with E-state index >= 15 is 0 Å². The van der Waals surface area contributed by atoms with Crippen molar-refractivity contribution < 1.29 is 4.79 Å². The lowest BCUT2D eigenvalue weighted by Gasteiger charge is -2.30. The van der Waals surface area contributed by atoms with Crippen LogP contribution < -0.4 is 32.3 Å². The molecule has 0 aromatic heterocycles. The highest BCUT2D eigenvalue weighted by Gasteiger charge is 2.22. The van der Waals surface area contributed by atoms with Crippen molar-refractivity contribution in [3.05, 3.63) is 29.8 Å². The summed E-state index contributed by atoms with van der Waals surface area (Å²) in [6.07, 6.45) is 9.75. The van der Waals surface area contributed by atoms with E-state index in [2.05, 4.69) is 46.2 Å². The minimum absolute atomic E-state index is 0.242. The largest absolute Gasteiger partial charge is 0.358 e. The van der Waals surface area contributed by atoms with Crippen molar-refractivity contribution in [2.24, 2.45) is 11.8 Å². The summed E-state index contributed by atoms with van der Waals surface area (Å²) < 4.78 is 0. The number of anilines is 1. The van der Waals surface area contributed by atoms with E-state index in [0.29, 0.717) is 39.7 Å². The molecule has 176 valence electrons. The van der Waals surface area contributed by atoms with Gasteiger partial charge in [-0.3, -0.25) is 26.5 Å². The van der Waals surface area contributed by atoms with Gasteiger partial charge in [-0.25, -0.2) is 0 Å². The summed E-state index contributed by atoms with van der Waals surface area (Å²) in [5.41, 5.74) is 12.9. The van der Waals surface area contributed by atoms with Crippen LogP contribution in [0.15, 0.2) is 24.3 Å². The van der Waals surface area contributed by atoms with Crippen molar-refractivity contribution >= 4 is 46.3 Å². The lowest BCUT2D eigenvalue weighted by atomic mass is 9.86. The first kappa shape index (κ1) is 24.5. The Bertz CT molecular complexity index is 787. The molecule has 0 aliphatic heterocycles. The molecule has 0 spiro atoms. The van der Waals surface area contributed by atoms with Gasteiger partial charge in [-0.2, -0.15) is 0 Å². The molecule has 1 aromatic carbocycles. The highest BCUT2D eigenvalue weighted by molar-refractivity contribution is 7.80. The molecule has 2 fully saturated rings. The quantitative estimate of drug-likeness (QED) is 0.283. The number of hydrogen-bond donors (Lipinski definition) is 6. The monoisotopic (exact) mass is 476 g/mol. The van der Waals surface area contributed by atoms with Crippen LogP contribution >= 0.6 is 24.4 Å². The fourth-order valence-electron chi connectivity index (χ4n) is 4.49. The number of benzene rings is 1. The molecule has 1 aromatic rings. The van der Waals surface area contributed by atoms with Crippen LogP contribution in [0.25, 0.3) is 0 Å². The molecule has 9 heteroatoms. The van der Waals surface area contributed by atoms with E-state index in [-0.39, 0.29) is 5.91 Å². The summed E-state index contributed by atoms with van der Waals surface area (Å²) in [5.74, 6) is 0.972. The molecule has 0 heterocycles. The first-order valence-electron chi connectivity index (χ1n) is 11.7. The van der Waals surface area contributed by atoms with E-state index in [4.69, 9.17) is 24.4 Å². The van der Waals surface area contributed by atoms with E-state index in [1.54, 1.807) is 12.1 Å². The number of carbonyl (C=O) groups excluding carboxylic acids is 1. The summed E-state index contributed by atoms with van der Waals surface area (Å²) in [6, 6.07) is 7.94. The van der Waals surface area contributed by atoms with Gasteiger partial charge < -0.3 is 10.6 Å². The lowest BCUT2D eigenvalue weighted by molar-refractivity contribution is 0.0943. The molecule has 2 aliphatic carbocycles. The zero-order valence-electron chi connectivity index (χ0n) is 19.0. The number of rotatable bonds is 5. The van der Waals surface area contributed by atoms with Crippen molar-refractivity contribution in [2.75, 3.05) is 5.43 Å². The number of hydrogen-bond acceptors (Lipinski definition) is 4. The third-order valence-corrected chi connectivity index (χ3v) is 7.05. The molecule has 1 amide bonds. The van der Waals surface area contributed by atoms with Gasteiger partial charge >= 0.3 is 0 Å². The Morgan fingerprint density at radius 2 is 1.25 bits per heavy atom. The Kier molecular flexibility index (Phi) is 9.35. The van der Waals surface area contributed by atoms with Crippen LogP contribution in [0.1, 0.15) is 75.6 Å². The molecule has 0 unspecified atom stereocenters. The predicted molar refractivity (Wildman–Crippen MR) is 138 cm³/mol. The number of nitrogens with one attached hydrogen (secondary N) is 6. The third-order valence-electron chi connectivity index (χ3n) is 6.61. The van der Waals surface area contributed by atoms with Crippen molar-refractivity contribution in [3.63, 3.8) is 0 Å². The first-order valence-corrected chi connectivity index (χ1v) is 12.5. The molecular weight excluding hydrogens is 440 g/mol. The van der Waals surface area contributed by atoms with Gasteiger partial charge in [0, 0.05) is 17.6 Å². The van der Waals surface area contributed by atoms with Crippen molar-refractivity contribution in [2.45, 2.75) is 77.3 Å². The van der Waals surface area contributed by atoms with E-state index < -0.39 is 0 Å². The lowest BCUT2D eigenvalue weighted by Crippen LogP contribution is -2.51. The Hall–Kier alpha value is -2.13. The molecular formula is C23H36N6OS2. The van der Waals surface area contributed by atoms with E-state index in [9.17, 15) is 4.79 Å². The maximum atomic E-state index is 12.4. The Morgan fingerprint density at radius 3 is 1.78 bits per heavy atom. The minimum atomic E-state index is -0.242. The van der Waals surface area contributed by atoms with Crippen molar-refractivity contribution in [1.29, 1.82) is 0 Å². The molecule has 2 saturated carbocycles. The fraction of sp³-hybridized carbons (Fsp3) is 0.609. The Labute approximate surface area is 202 Å². The van der Waals surface area contributed by atoms with Gasteiger partial charge in [-0.1, -0.05) is 39.5 Å². The summed E-state index contributed by atoms with van der Waals surface area (Å²) in [6.45, 7) is 4.51. The van der Waals surface area contributed by atoms with Crippen LogP contribution in [0.5, 0.6) is 0 Å². The second kappa shape index (κ2) is 12.2. The minimum Gasteiger partial charge on any atom is -0.358 e. The topological polar surface area (TPSA) is 89.2 Å². The maximum absolute atomic E-state index is 12.4. The molecule has 0 bridgehead atoms. The smallest absolute Gasteiger partial charge is 0.269 e.